The lowest BCUT2D eigenvalue weighted by atomic mass is 10.1. The van der Waals surface area contributed by atoms with Crippen LogP contribution in [0.1, 0.15) is 30.5 Å². The van der Waals surface area contributed by atoms with Gasteiger partial charge >= 0.3 is 0 Å². The largest absolute Gasteiger partial charge is 0.334 e. The van der Waals surface area contributed by atoms with Gasteiger partial charge in [-0.1, -0.05) is 6.07 Å². The molecule has 0 atom stereocenters. The maximum absolute atomic E-state index is 12.7. The Morgan fingerprint density at radius 2 is 1.84 bits per heavy atom. The van der Waals surface area contributed by atoms with Crippen molar-refractivity contribution in [3.05, 3.63) is 74.1 Å². The SMILES string of the molecule is O=C(Nc1ccc(C(=O)N2CCc3sccc3C2)cc1)c1cccs1. The molecule has 0 radical (unpaired) electrons. The molecule has 6 heteroatoms. The quantitative estimate of drug-likeness (QED) is 0.751. The predicted octanol–water partition coefficient (Wildman–Crippen LogP) is 4.26. The van der Waals surface area contributed by atoms with Gasteiger partial charge < -0.3 is 10.2 Å². The third-order valence-corrected chi connectivity index (χ3v) is 6.12. The number of nitrogens with one attached hydrogen (secondary N) is 1. The maximum Gasteiger partial charge on any atom is 0.265 e. The van der Waals surface area contributed by atoms with E-state index in [-0.39, 0.29) is 11.8 Å². The lowest BCUT2D eigenvalue weighted by molar-refractivity contribution is 0.0736. The molecule has 0 spiro atoms. The Morgan fingerprint density at radius 1 is 1.00 bits per heavy atom. The second kappa shape index (κ2) is 6.82. The van der Waals surface area contributed by atoms with Gasteiger partial charge in [-0.3, -0.25) is 9.59 Å². The van der Waals surface area contributed by atoms with Gasteiger partial charge in [-0.25, -0.2) is 0 Å². The van der Waals surface area contributed by atoms with Crippen LogP contribution in [-0.4, -0.2) is 23.3 Å². The summed E-state index contributed by atoms with van der Waals surface area (Å²) in [7, 11) is 0. The highest BCUT2D eigenvalue weighted by Gasteiger charge is 2.22. The molecule has 0 saturated heterocycles. The highest BCUT2D eigenvalue weighted by molar-refractivity contribution is 7.12. The van der Waals surface area contributed by atoms with E-state index in [9.17, 15) is 9.59 Å². The zero-order valence-corrected chi connectivity index (χ0v) is 15.0. The van der Waals surface area contributed by atoms with Gasteiger partial charge in [0.1, 0.15) is 0 Å². The van der Waals surface area contributed by atoms with Gasteiger partial charge in [0.2, 0.25) is 0 Å². The Labute approximate surface area is 153 Å². The average molecular weight is 368 g/mol. The number of hydrogen-bond donors (Lipinski definition) is 1. The number of carbonyl (C=O) groups is 2. The molecule has 0 saturated carbocycles. The van der Waals surface area contributed by atoms with Crippen molar-refractivity contribution in [1.29, 1.82) is 0 Å². The highest BCUT2D eigenvalue weighted by atomic mass is 32.1. The number of amides is 2. The first-order chi connectivity index (χ1) is 12.2. The molecule has 126 valence electrons. The Hall–Kier alpha value is -2.44. The molecule has 3 aromatic rings. The molecule has 1 N–H and O–H groups in total. The Bertz CT molecular complexity index is 898. The van der Waals surface area contributed by atoms with Crippen LogP contribution in [-0.2, 0) is 13.0 Å². The molecule has 25 heavy (non-hydrogen) atoms. The summed E-state index contributed by atoms with van der Waals surface area (Å²) in [4.78, 5) is 28.7. The van der Waals surface area contributed by atoms with Gasteiger partial charge in [-0.2, -0.15) is 0 Å². The van der Waals surface area contributed by atoms with Crippen LogP contribution in [0.2, 0.25) is 0 Å². The molecule has 4 nitrogen and oxygen atoms in total. The van der Waals surface area contributed by atoms with Crippen molar-refractivity contribution >= 4 is 40.2 Å². The molecule has 1 aliphatic heterocycles. The van der Waals surface area contributed by atoms with Crippen LogP contribution < -0.4 is 5.32 Å². The van der Waals surface area contributed by atoms with E-state index >= 15 is 0 Å². The van der Waals surface area contributed by atoms with E-state index in [1.165, 1.54) is 21.8 Å². The molecule has 4 rings (SSSR count). The molecular weight excluding hydrogens is 352 g/mol. The summed E-state index contributed by atoms with van der Waals surface area (Å²) >= 11 is 3.16. The van der Waals surface area contributed by atoms with E-state index in [1.54, 1.807) is 41.7 Å². The summed E-state index contributed by atoms with van der Waals surface area (Å²) < 4.78 is 0. The molecule has 3 heterocycles. The number of anilines is 1. The van der Waals surface area contributed by atoms with Crippen LogP contribution in [0, 0.1) is 0 Å². The molecular formula is C19H16N2O2S2. The fourth-order valence-electron chi connectivity index (χ4n) is 2.90. The molecule has 1 aromatic carbocycles. The van der Waals surface area contributed by atoms with Crippen molar-refractivity contribution in [3.63, 3.8) is 0 Å². The average Bonchev–Trinajstić information content (AvgIpc) is 3.32. The molecule has 0 fully saturated rings. The number of rotatable bonds is 3. The van der Waals surface area contributed by atoms with Crippen LogP contribution in [0.3, 0.4) is 0 Å². The minimum atomic E-state index is -0.130. The van der Waals surface area contributed by atoms with Crippen molar-refractivity contribution < 1.29 is 9.59 Å². The molecule has 2 amide bonds. The fourth-order valence-corrected chi connectivity index (χ4v) is 4.41. The smallest absolute Gasteiger partial charge is 0.265 e. The Kier molecular flexibility index (Phi) is 4.38. The standard InChI is InChI=1S/C19H16N2O2S2/c22-18(17-2-1-10-24-17)20-15-5-3-13(4-6-15)19(23)21-9-7-16-14(12-21)8-11-25-16/h1-6,8,10-11H,7,9,12H2,(H,20,22). The number of carbonyl (C=O) groups excluding carboxylic acids is 2. The van der Waals surface area contributed by atoms with Crippen molar-refractivity contribution in [1.82, 2.24) is 4.90 Å². The van der Waals surface area contributed by atoms with E-state index in [0.717, 1.165) is 13.0 Å². The normalized spacial score (nSPS) is 13.4. The van der Waals surface area contributed by atoms with Gasteiger partial charge in [0.05, 0.1) is 4.88 Å². The predicted molar refractivity (Wildman–Crippen MR) is 101 cm³/mol. The highest BCUT2D eigenvalue weighted by Crippen LogP contribution is 2.25. The third-order valence-electron chi connectivity index (χ3n) is 4.23. The first-order valence-electron chi connectivity index (χ1n) is 8.00. The lowest BCUT2D eigenvalue weighted by Gasteiger charge is -2.27. The third kappa shape index (κ3) is 3.36. The summed E-state index contributed by atoms with van der Waals surface area (Å²) in [6.07, 6.45) is 0.924. The number of fused-ring (bicyclic) bond motifs is 1. The Morgan fingerprint density at radius 3 is 2.60 bits per heavy atom. The van der Waals surface area contributed by atoms with Crippen molar-refractivity contribution in [2.24, 2.45) is 0 Å². The minimum Gasteiger partial charge on any atom is -0.334 e. The molecule has 0 bridgehead atoms. The molecule has 0 aliphatic carbocycles. The summed E-state index contributed by atoms with van der Waals surface area (Å²) in [5, 5.41) is 6.80. The Balaban J connectivity index is 1.43. The van der Waals surface area contributed by atoms with Gasteiger partial charge in [-0.05, 0) is 59.1 Å². The summed E-state index contributed by atoms with van der Waals surface area (Å²) in [6.45, 7) is 1.43. The molecule has 2 aromatic heterocycles. The monoisotopic (exact) mass is 368 g/mol. The summed E-state index contributed by atoms with van der Waals surface area (Å²) in [5.41, 5.74) is 2.59. The fraction of sp³-hybridized carbons (Fsp3) is 0.158. The first-order valence-corrected chi connectivity index (χ1v) is 9.76. The van der Waals surface area contributed by atoms with Crippen molar-refractivity contribution in [3.8, 4) is 0 Å². The van der Waals surface area contributed by atoms with E-state index in [2.05, 4.69) is 16.8 Å². The van der Waals surface area contributed by atoms with Gasteiger partial charge in [0.25, 0.3) is 11.8 Å². The lowest BCUT2D eigenvalue weighted by Crippen LogP contribution is -2.35. The number of nitrogens with zero attached hydrogens (tertiary/aromatic N) is 1. The summed E-state index contributed by atoms with van der Waals surface area (Å²) in [5.74, 6) is -0.0944. The van der Waals surface area contributed by atoms with Crippen LogP contribution >= 0.6 is 22.7 Å². The number of benzene rings is 1. The first kappa shape index (κ1) is 16.1. The van der Waals surface area contributed by atoms with Gasteiger partial charge in [-0.15, -0.1) is 22.7 Å². The van der Waals surface area contributed by atoms with Crippen LogP contribution in [0.25, 0.3) is 0 Å². The maximum atomic E-state index is 12.7. The van der Waals surface area contributed by atoms with E-state index in [0.29, 0.717) is 22.7 Å². The van der Waals surface area contributed by atoms with Crippen LogP contribution in [0.15, 0.2) is 53.2 Å². The second-order valence-corrected chi connectivity index (χ2v) is 7.80. The van der Waals surface area contributed by atoms with Crippen LogP contribution in [0.5, 0.6) is 0 Å². The number of hydrogen-bond acceptors (Lipinski definition) is 4. The molecule has 1 aliphatic rings. The summed E-state index contributed by atoms with van der Waals surface area (Å²) in [6, 6.07) is 12.8. The van der Waals surface area contributed by atoms with Crippen molar-refractivity contribution in [2.75, 3.05) is 11.9 Å². The van der Waals surface area contributed by atoms with Crippen LogP contribution in [0.4, 0.5) is 5.69 Å². The molecule has 0 unspecified atom stereocenters. The van der Waals surface area contributed by atoms with Gasteiger partial charge in [0.15, 0.2) is 0 Å². The zero-order valence-electron chi connectivity index (χ0n) is 13.4. The minimum absolute atomic E-state index is 0.0352. The van der Waals surface area contributed by atoms with E-state index < -0.39 is 0 Å². The second-order valence-electron chi connectivity index (χ2n) is 5.85. The number of thiophene rings is 2. The van der Waals surface area contributed by atoms with Gasteiger partial charge in [0, 0.05) is 29.2 Å². The van der Waals surface area contributed by atoms with E-state index in [1.807, 2.05) is 16.3 Å². The van der Waals surface area contributed by atoms with E-state index in [4.69, 9.17) is 0 Å². The zero-order chi connectivity index (χ0) is 17.2. The van der Waals surface area contributed by atoms with Crippen molar-refractivity contribution in [2.45, 2.75) is 13.0 Å². The topological polar surface area (TPSA) is 49.4 Å².